The second kappa shape index (κ2) is 5.05. The fourth-order valence-electron chi connectivity index (χ4n) is 1.41. The van der Waals surface area contributed by atoms with Gasteiger partial charge in [-0.15, -0.1) is 0 Å². The summed E-state index contributed by atoms with van der Waals surface area (Å²) in [5.74, 6) is 0. The third-order valence-electron chi connectivity index (χ3n) is 2.02. The molecule has 0 heterocycles. The zero-order valence-electron chi connectivity index (χ0n) is 8.17. The minimum Gasteiger partial charge on any atom is -0.744 e. The van der Waals surface area contributed by atoms with Crippen molar-refractivity contribution >= 4 is 20.9 Å². The van der Waals surface area contributed by atoms with Gasteiger partial charge in [0.1, 0.15) is 10.1 Å². The van der Waals surface area contributed by atoms with Crippen LogP contribution in [-0.2, 0) is 10.1 Å². The Morgan fingerprint density at radius 3 is 2.20 bits per heavy atom. The van der Waals surface area contributed by atoms with Crippen molar-refractivity contribution in [2.75, 3.05) is 0 Å². The van der Waals surface area contributed by atoms with E-state index in [1.807, 2.05) is 0 Å². The first kappa shape index (κ1) is 13.3. The number of rotatable bonds is 1. The Kier molecular flexibility index (Phi) is 4.48. The van der Waals surface area contributed by atoms with E-state index in [4.69, 9.17) is 0 Å². The summed E-state index contributed by atoms with van der Waals surface area (Å²) < 4.78 is 32.7. The third kappa shape index (κ3) is 2.88. The molecular formula is C10H7KO3S. The van der Waals surface area contributed by atoms with E-state index < -0.39 is 10.1 Å². The van der Waals surface area contributed by atoms with E-state index in [1.165, 1.54) is 6.07 Å². The Balaban J connectivity index is 0.00000112. The SMILES string of the molecule is O=S(=O)([O-])c1cccc2ccccc12.[K+]. The van der Waals surface area contributed by atoms with Crippen molar-refractivity contribution in [1.29, 1.82) is 0 Å². The van der Waals surface area contributed by atoms with Crippen LogP contribution >= 0.6 is 0 Å². The first-order valence-electron chi connectivity index (χ1n) is 4.03. The zero-order chi connectivity index (χ0) is 10.2. The van der Waals surface area contributed by atoms with E-state index in [0.717, 1.165) is 5.39 Å². The molecule has 0 amide bonds. The summed E-state index contributed by atoms with van der Waals surface area (Å²) in [7, 11) is -4.38. The molecule has 0 fully saturated rings. The topological polar surface area (TPSA) is 57.2 Å². The van der Waals surface area contributed by atoms with Crippen LogP contribution in [0.5, 0.6) is 0 Å². The molecule has 0 saturated carbocycles. The average molecular weight is 246 g/mol. The molecule has 3 nitrogen and oxygen atoms in total. The Labute approximate surface area is 131 Å². The largest absolute Gasteiger partial charge is 1.00 e. The van der Waals surface area contributed by atoms with Crippen molar-refractivity contribution in [2.24, 2.45) is 0 Å². The van der Waals surface area contributed by atoms with Gasteiger partial charge < -0.3 is 4.55 Å². The molecule has 0 saturated heterocycles. The summed E-state index contributed by atoms with van der Waals surface area (Å²) in [5.41, 5.74) is 0. The van der Waals surface area contributed by atoms with Gasteiger partial charge in [0.15, 0.2) is 0 Å². The van der Waals surface area contributed by atoms with Crippen LogP contribution in [0.2, 0.25) is 0 Å². The Morgan fingerprint density at radius 2 is 1.53 bits per heavy atom. The van der Waals surface area contributed by atoms with Crippen LogP contribution in [0.4, 0.5) is 0 Å². The molecule has 0 aliphatic carbocycles. The number of hydrogen-bond acceptors (Lipinski definition) is 3. The monoisotopic (exact) mass is 246 g/mol. The van der Waals surface area contributed by atoms with Crippen molar-refractivity contribution < 1.29 is 64.4 Å². The van der Waals surface area contributed by atoms with Gasteiger partial charge in [0.05, 0.1) is 4.90 Å². The van der Waals surface area contributed by atoms with E-state index in [9.17, 15) is 13.0 Å². The predicted molar refractivity (Wildman–Crippen MR) is 51.9 cm³/mol. The molecule has 72 valence electrons. The van der Waals surface area contributed by atoms with Gasteiger partial charge in [-0.05, 0) is 16.8 Å². The van der Waals surface area contributed by atoms with Gasteiger partial charge in [-0.3, -0.25) is 0 Å². The van der Waals surface area contributed by atoms with Crippen molar-refractivity contribution in [2.45, 2.75) is 4.90 Å². The van der Waals surface area contributed by atoms with Gasteiger partial charge in [0, 0.05) is 0 Å². The molecule has 2 aromatic rings. The molecule has 0 radical (unpaired) electrons. The van der Waals surface area contributed by atoms with Gasteiger partial charge in [0.25, 0.3) is 0 Å². The van der Waals surface area contributed by atoms with E-state index >= 15 is 0 Å². The minimum atomic E-state index is -4.38. The van der Waals surface area contributed by atoms with E-state index in [2.05, 4.69) is 0 Å². The number of fused-ring (bicyclic) bond motifs is 1. The normalized spacial score (nSPS) is 11.0. The maximum absolute atomic E-state index is 10.9. The van der Waals surface area contributed by atoms with Crippen LogP contribution in [-0.4, -0.2) is 13.0 Å². The second-order valence-electron chi connectivity index (χ2n) is 2.93. The van der Waals surface area contributed by atoms with E-state index in [0.29, 0.717) is 5.39 Å². The molecule has 2 rings (SSSR count). The van der Waals surface area contributed by atoms with Crippen LogP contribution in [0, 0.1) is 0 Å². The minimum absolute atomic E-state index is 0. The summed E-state index contributed by atoms with van der Waals surface area (Å²) >= 11 is 0. The molecule has 0 aromatic heterocycles. The van der Waals surface area contributed by atoms with Gasteiger partial charge in [0.2, 0.25) is 0 Å². The van der Waals surface area contributed by atoms with Crippen molar-refractivity contribution in [3.8, 4) is 0 Å². The molecule has 0 bridgehead atoms. The smallest absolute Gasteiger partial charge is 0.744 e. The second-order valence-corrected chi connectivity index (χ2v) is 4.28. The van der Waals surface area contributed by atoms with Crippen LogP contribution in [0.25, 0.3) is 10.8 Å². The first-order valence-corrected chi connectivity index (χ1v) is 5.43. The van der Waals surface area contributed by atoms with E-state index in [-0.39, 0.29) is 56.3 Å². The van der Waals surface area contributed by atoms with Gasteiger partial charge in [-0.25, -0.2) is 8.42 Å². The van der Waals surface area contributed by atoms with Crippen LogP contribution in [0.3, 0.4) is 0 Å². The molecule has 0 unspecified atom stereocenters. The summed E-state index contributed by atoms with van der Waals surface area (Å²) in [6.07, 6.45) is 0. The Bertz CT molecular complexity index is 573. The van der Waals surface area contributed by atoms with Gasteiger partial charge in [-0.2, -0.15) is 0 Å². The Hall–Kier alpha value is 0.246. The first-order chi connectivity index (χ1) is 6.59. The maximum atomic E-state index is 10.9. The summed E-state index contributed by atoms with van der Waals surface area (Å²) in [5, 5.41) is 1.23. The van der Waals surface area contributed by atoms with E-state index in [1.54, 1.807) is 36.4 Å². The van der Waals surface area contributed by atoms with Crippen molar-refractivity contribution in [3.05, 3.63) is 42.5 Å². The van der Waals surface area contributed by atoms with Crippen LogP contribution in [0.1, 0.15) is 0 Å². The molecule has 2 aromatic carbocycles. The fraction of sp³-hybridized carbons (Fsp3) is 0. The molecule has 0 atom stereocenters. The molecule has 0 aliphatic rings. The van der Waals surface area contributed by atoms with Crippen molar-refractivity contribution in [1.82, 2.24) is 0 Å². The molecule has 0 aliphatic heterocycles. The van der Waals surface area contributed by atoms with Gasteiger partial charge in [-0.1, -0.05) is 36.4 Å². The molecule has 0 spiro atoms. The molecule has 15 heavy (non-hydrogen) atoms. The van der Waals surface area contributed by atoms with Crippen LogP contribution in [0.15, 0.2) is 47.4 Å². The summed E-state index contributed by atoms with van der Waals surface area (Å²) in [6, 6.07) is 11.5. The number of benzene rings is 2. The summed E-state index contributed by atoms with van der Waals surface area (Å²) in [4.78, 5) is -0.157. The quantitative estimate of drug-likeness (QED) is 0.466. The maximum Gasteiger partial charge on any atom is 1.00 e. The standard InChI is InChI=1S/C10H8O3S.K/c11-14(12,13)10-7-3-5-8-4-1-2-6-9(8)10;/h1-7H,(H,11,12,13);/q;+1/p-1. The predicted octanol–water partition coefficient (Wildman–Crippen LogP) is -1.25. The fourth-order valence-corrected chi connectivity index (χ4v) is 2.11. The molecule has 5 heteroatoms. The average Bonchev–Trinajstić information content (AvgIpc) is 2.15. The third-order valence-corrected chi connectivity index (χ3v) is 2.91. The van der Waals surface area contributed by atoms with Crippen molar-refractivity contribution in [3.63, 3.8) is 0 Å². The molecular weight excluding hydrogens is 239 g/mol. The number of hydrogen-bond donors (Lipinski definition) is 0. The zero-order valence-corrected chi connectivity index (χ0v) is 12.1. The summed E-state index contributed by atoms with van der Waals surface area (Å²) in [6.45, 7) is 0. The molecule has 0 N–H and O–H groups in total. The van der Waals surface area contributed by atoms with Crippen LogP contribution < -0.4 is 51.4 Å². The Morgan fingerprint density at radius 1 is 0.933 bits per heavy atom. The van der Waals surface area contributed by atoms with Gasteiger partial charge >= 0.3 is 51.4 Å².